The number of hydrogen-bond donors (Lipinski definition) is 1. The monoisotopic (exact) mass is 501 g/mol. The van der Waals surface area contributed by atoms with Gasteiger partial charge in [-0.1, -0.05) is 43.5 Å². The Kier molecular flexibility index (Phi) is 6.63. The van der Waals surface area contributed by atoms with E-state index in [0.717, 1.165) is 42.6 Å². The molecule has 1 amide bonds. The Hall–Kier alpha value is -3.32. The van der Waals surface area contributed by atoms with E-state index in [1.54, 1.807) is 6.07 Å². The molecule has 7 heteroatoms. The molecule has 1 aromatic heterocycles. The summed E-state index contributed by atoms with van der Waals surface area (Å²) in [6, 6.07) is 14.0. The average Bonchev–Trinajstić information content (AvgIpc) is 3.08. The molecule has 2 fully saturated rings. The second-order valence-corrected chi connectivity index (χ2v) is 10.6. The number of nitrogens with zero attached hydrogens (tertiary/aromatic N) is 3. The lowest BCUT2D eigenvalue weighted by atomic mass is 9.81. The van der Waals surface area contributed by atoms with Crippen LogP contribution in [0.15, 0.2) is 42.5 Å². The lowest BCUT2D eigenvalue weighted by molar-refractivity contribution is -0.129. The van der Waals surface area contributed by atoms with Crippen molar-refractivity contribution in [3.8, 4) is 11.3 Å². The zero-order chi connectivity index (χ0) is 25.4. The van der Waals surface area contributed by atoms with Crippen molar-refractivity contribution in [2.24, 2.45) is 0 Å². The Bertz CT molecular complexity index is 1320. The van der Waals surface area contributed by atoms with Gasteiger partial charge in [0.05, 0.1) is 24.4 Å². The number of carboxylic acid groups (broad SMARTS) is 1. The number of aromatic carboxylic acids is 1. The average molecular weight is 502 g/mol. The maximum Gasteiger partial charge on any atom is 0.335 e. The number of ether oxygens (including phenoxy) is 1. The molecule has 0 unspecified atom stereocenters. The molecule has 3 aliphatic rings. The number of carbonyl (C=O) groups excluding carboxylic acids is 1. The van der Waals surface area contributed by atoms with Gasteiger partial charge in [0.25, 0.3) is 0 Å². The van der Waals surface area contributed by atoms with Gasteiger partial charge in [0.15, 0.2) is 0 Å². The Balaban J connectivity index is 1.46. The Morgan fingerprint density at radius 1 is 0.919 bits per heavy atom. The van der Waals surface area contributed by atoms with Crippen LogP contribution in [0.3, 0.4) is 0 Å². The van der Waals surface area contributed by atoms with Crippen LogP contribution in [-0.2, 0) is 16.1 Å². The maximum atomic E-state index is 13.4. The fourth-order valence-electron chi connectivity index (χ4n) is 6.55. The third-order valence-electron chi connectivity index (χ3n) is 8.36. The summed E-state index contributed by atoms with van der Waals surface area (Å²) in [5.41, 5.74) is 6.09. The third kappa shape index (κ3) is 4.50. The van der Waals surface area contributed by atoms with Gasteiger partial charge in [0, 0.05) is 54.9 Å². The highest BCUT2D eigenvalue weighted by Gasteiger charge is 2.31. The van der Waals surface area contributed by atoms with E-state index >= 15 is 0 Å². The molecule has 6 rings (SSSR count). The molecule has 7 nitrogen and oxygen atoms in total. The van der Waals surface area contributed by atoms with E-state index in [0.29, 0.717) is 50.9 Å². The van der Waals surface area contributed by atoms with Crippen molar-refractivity contribution in [2.45, 2.75) is 51.0 Å². The largest absolute Gasteiger partial charge is 0.478 e. The van der Waals surface area contributed by atoms with Crippen LogP contribution in [0.5, 0.6) is 0 Å². The predicted octanol–water partition coefficient (Wildman–Crippen LogP) is 5.12. The van der Waals surface area contributed by atoms with E-state index in [-0.39, 0.29) is 5.91 Å². The van der Waals surface area contributed by atoms with Crippen molar-refractivity contribution in [2.75, 3.05) is 44.3 Å². The van der Waals surface area contributed by atoms with Gasteiger partial charge in [-0.05, 0) is 48.9 Å². The maximum absolute atomic E-state index is 13.4. The number of anilines is 1. The highest BCUT2D eigenvalue weighted by Crippen LogP contribution is 2.47. The van der Waals surface area contributed by atoms with Gasteiger partial charge >= 0.3 is 5.97 Å². The minimum absolute atomic E-state index is 0.136. The number of aromatic nitrogens is 1. The molecule has 1 aliphatic carbocycles. The second-order valence-electron chi connectivity index (χ2n) is 10.6. The highest BCUT2D eigenvalue weighted by atomic mass is 16.5. The van der Waals surface area contributed by atoms with Crippen molar-refractivity contribution >= 4 is 28.5 Å². The van der Waals surface area contributed by atoms with Crippen LogP contribution in [0.2, 0.25) is 0 Å². The summed E-state index contributed by atoms with van der Waals surface area (Å²) < 4.78 is 7.89. The standard InChI is InChI=1S/C30H35N3O4/c34-27(31-13-6-17-37-18-16-31)20-32-14-15-33-26-19-22(30(35)36)11-12-23(26)28(21-7-2-1-3-8-21)29(33)24-9-4-5-10-25(24)32/h4-5,9-12,19,21H,1-3,6-8,13-18,20H2,(H,35,36). The molecular formula is C30H35N3O4. The molecule has 0 radical (unpaired) electrons. The predicted molar refractivity (Wildman–Crippen MR) is 144 cm³/mol. The molecule has 37 heavy (non-hydrogen) atoms. The first kappa shape index (κ1) is 24.0. The fraction of sp³-hybridized carbons (Fsp3) is 0.467. The summed E-state index contributed by atoms with van der Waals surface area (Å²) in [5.74, 6) is -0.307. The van der Waals surface area contributed by atoms with E-state index in [2.05, 4.69) is 33.7 Å². The van der Waals surface area contributed by atoms with Crippen LogP contribution >= 0.6 is 0 Å². The number of fused-ring (bicyclic) bond motifs is 5. The fourth-order valence-corrected chi connectivity index (χ4v) is 6.55. The van der Waals surface area contributed by atoms with Crippen LogP contribution in [0.1, 0.15) is 60.4 Å². The van der Waals surface area contributed by atoms with Crippen LogP contribution in [0.25, 0.3) is 22.2 Å². The van der Waals surface area contributed by atoms with Crippen LogP contribution in [0.4, 0.5) is 5.69 Å². The second kappa shape index (κ2) is 10.2. The summed E-state index contributed by atoms with van der Waals surface area (Å²) in [6.45, 7) is 4.40. The van der Waals surface area contributed by atoms with E-state index < -0.39 is 5.97 Å². The smallest absolute Gasteiger partial charge is 0.335 e. The summed E-state index contributed by atoms with van der Waals surface area (Å²) in [5, 5.41) is 10.9. The summed E-state index contributed by atoms with van der Waals surface area (Å²) >= 11 is 0. The summed E-state index contributed by atoms with van der Waals surface area (Å²) in [6.07, 6.45) is 6.93. The number of carboxylic acids is 1. The van der Waals surface area contributed by atoms with E-state index in [4.69, 9.17) is 4.74 Å². The van der Waals surface area contributed by atoms with Gasteiger partial charge in [-0.3, -0.25) is 4.79 Å². The van der Waals surface area contributed by atoms with Crippen LogP contribution in [0, 0.1) is 0 Å². The molecule has 0 spiro atoms. The van der Waals surface area contributed by atoms with Crippen molar-refractivity contribution in [3.05, 3.63) is 53.6 Å². The molecule has 0 bridgehead atoms. The van der Waals surface area contributed by atoms with Gasteiger partial charge in [-0.15, -0.1) is 0 Å². The first-order valence-electron chi connectivity index (χ1n) is 13.7. The number of hydrogen-bond acceptors (Lipinski definition) is 4. The topological polar surface area (TPSA) is 75.0 Å². The number of carbonyl (C=O) groups is 2. The number of benzene rings is 2. The zero-order valence-electron chi connectivity index (χ0n) is 21.3. The number of amides is 1. The van der Waals surface area contributed by atoms with Gasteiger partial charge in [0.2, 0.25) is 5.91 Å². The van der Waals surface area contributed by atoms with Crippen LogP contribution in [-0.4, -0.2) is 65.8 Å². The van der Waals surface area contributed by atoms with Crippen molar-refractivity contribution in [1.82, 2.24) is 9.47 Å². The van der Waals surface area contributed by atoms with Crippen molar-refractivity contribution in [3.63, 3.8) is 0 Å². The lowest BCUT2D eigenvalue weighted by Gasteiger charge is -2.28. The first-order valence-corrected chi connectivity index (χ1v) is 13.7. The van der Waals surface area contributed by atoms with Crippen molar-refractivity contribution < 1.29 is 19.4 Å². The van der Waals surface area contributed by atoms with Crippen LogP contribution < -0.4 is 4.90 Å². The minimum atomic E-state index is -0.903. The SMILES string of the molecule is O=C(O)c1ccc2c(C3CCCCC3)c3n(c2c1)CCN(CC(=O)N1CCCOCC1)c1ccccc1-3. The van der Waals surface area contributed by atoms with Crippen molar-refractivity contribution in [1.29, 1.82) is 0 Å². The molecule has 194 valence electrons. The van der Waals surface area contributed by atoms with E-state index in [9.17, 15) is 14.7 Å². The molecule has 1 N–H and O–H groups in total. The molecule has 0 atom stereocenters. The lowest BCUT2D eigenvalue weighted by Crippen LogP contribution is -2.42. The highest BCUT2D eigenvalue weighted by molar-refractivity contribution is 6.00. The quantitative estimate of drug-likeness (QED) is 0.537. The molecule has 3 heterocycles. The van der Waals surface area contributed by atoms with Gasteiger partial charge < -0.3 is 24.2 Å². The molecule has 3 aromatic rings. The molecular weight excluding hydrogens is 466 g/mol. The molecule has 2 aliphatic heterocycles. The van der Waals surface area contributed by atoms with Gasteiger partial charge in [-0.25, -0.2) is 4.79 Å². The first-order chi connectivity index (χ1) is 18.1. The van der Waals surface area contributed by atoms with E-state index in [1.165, 1.54) is 35.9 Å². The Labute approximate surface area is 217 Å². The van der Waals surface area contributed by atoms with Gasteiger partial charge in [-0.2, -0.15) is 0 Å². The van der Waals surface area contributed by atoms with Gasteiger partial charge in [0.1, 0.15) is 0 Å². The molecule has 1 saturated heterocycles. The number of para-hydroxylation sites is 1. The summed E-state index contributed by atoms with van der Waals surface area (Å²) in [7, 11) is 0. The molecule has 1 saturated carbocycles. The van der Waals surface area contributed by atoms with E-state index in [1.807, 2.05) is 17.0 Å². The zero-order valence-corrected chi connectivity index (χ0v) is 21.3. The molecule has 2 aromatic carbocycles. The Morgan fingerprint density at radius 3 is 2.59 bits per heavy atom. The summed E-state index contributed by atoms with van der Waals surface area (Å²) in [4.78, 5) is 29.4. The number of rotatable bonds is 4. The Morgan fingerprint density at radius 2 is 1.76 bits per heavy atom. The normalized spacial score (nSPS) is 18.7. The minimum Gasteiger partial charge on any atom is -0.478 e. The third-order valence-corrected chi connectivity index (χ3v) is 8.36.